The van der Waals surface area contributed by atoms with Crippen LogP contribution in [-0.4, -0.2) is 10.9 Å². The lowest BCUT2D eigenvalue weighted by molar-refractivity contribution is -0.109. The summed E-state index contributed by atoms with van der Waals surface area (Å²) in [4.78, 5) is 10.7. The number of benzene rings is 1. The van der Waals surface area contributed by atoms with Crippen molar-refractivity contribution in [1.82, 2.24) is 0 Å². The highest BCUT2D eigenvalue weighted by Crippen LogP contribution is 2.12. The third kappa shape index (κ3) is 3.92. The van der Waals surface area contributed by atoms with E-state index in [1.807, 2.05) is 37.3 Å². The van der Waals surface area contributed by atoms with Gasteiger partial charge in [-0.2, -0.15) is 5.26 Å². The maximum Gasteiger partial charge on any atom is 0.186 e. The average molecular weight is 231 g/mol. The highest BCUT2D eigenvalue weighted by atomic mass is 32.2. The van der Waals surface area contributed by atoms with Crippen LogP contribution in [0.4, 0.5) is 0 Å². The van der Waals surface area contributed by atoms with Crippen molar-refractivity contribution in [2.75, 3.05) is 5.75 Å². The molecule has 0 spiro atoms. The van der Waals surface area contributed by atoms with Crippen LogP contribution in [0, 0.1) is 18.3 Å². The van der Waals surface area contributed by atoms with Gasteiger partial charge in [-0.1, -0.05) is 36.0 Å². The Hall–Kier alpha value is -1.53. The van der Waals surface area contributed by atoms with Gasteiger partial charge >= 0.3 is 0 Å². The third-order valence-electron chi connectivity index (χ3n) is 2.08. The molecule has 3 heteroatoms. The summed E-state index contributed by atoms with van der Waals surface area (Å²) in [5.41, 5.74) is 2.67. The fourth-order valence-corrected chi connectivity index (χ4v) is 1.64. The van der Waals surface area contributed by atoms with E-state index in [4.69, 9.17) is 5.26 Å². The zero-order valence-electron chi connectivity index (χ0n) is 9.36. The molecule has 0 bridgehead atoms. The first-order valence-electron chi connectivity index (χ1n) is 4.94. The molecule has 1 aromatic rings. The van der Waals surface area contributed by atoms with E-state index in [1.54, 1.807) is 6.92 Å². The fraction of sp³-hybridized carbons (Fsp3) is 0.231. The highest BCUT2D eigenvalue weighted by molar-refractivity contribution is 8.13. The van der Waals surface area contributed by atoms with Gasteiger partial charge in [0.25, 0.3) is 0 Å². The zero-order valence-corrected chi connectivity index (χ0v) is 10.2. The standard InChI is InChI=1S/C13H13NOS/c1-10-5-6-12(8-13(10)9-14)4-3-7-16-11(2)15/h3-6,8H,7H2,1-2H3. The quantitative estimate of drug-likeness (QED) is 0.802. The van der Waals surface area contributed by atoms with Gasteiger partial charge in [-0.25, -0.2) is 0 Å². The number of nitriles is 1. The Balaban J connectivity index is 2.68. The summed E-state index contributed by atoms with van der Waals surface area (Å²) in [5, 5.41) is 8.98. The van der Waals surface area contributed by atoms with Gasteiger partial charge in [-0.3, -0.25) is 4.79 Å². The van der Waals surface area contributed by atoms with Crippen LogP contribution < -0.4 is 0 Å². The molecule has 0 aliphatic rings. The van der Waals surface area contributed by atoms with E-state index in [2.05, 4.69) is 6.07 Å². The Bertz CT molecular complexity index is 457. The maximum absolute atomic E-state index is 10.7. The van der Waals surface area contributed by atoms with Crippen LogP contribution in [0.15, 0.2) is 24.3 Å². The lowest BCUT2D eigenvalue weighted by Gasteiger charge is -1.98. The lowest BCUT2D eigenvalue weighted by atomic mass is 10.1. The molecule has 1 aromatic carbocycles. The number of carbonyl (C=O) groups is 1. The van der Waals surface area contributed by atoms with Crippen LogP contribution in [0.1, 0.15) is 23.6 Å². The van der Waals surface area contributed by atoms with Crippen LogP contribution in [0.5, 0.6) is 0 Å². The summed E-state index contributed by atoms with van der Waals surface area (Å²) < 4.78 is 0. The second kappa shape index (κ2) is 6.14. The molecule has 0 saturated heterocycles. The second-order valence-corrected chi connectivity index (χ2v) is 4.59. The van der Waals surface area contributed by atoms with E-state index in [-0.39, 0.29) is 5.12 Å². The minimum atomic E-state index is 0.117. The zero-order chi connectivity index (χ0) is 12.0. The summed E-state index contributed by atoms with van der Waals surface area (Å²) in [5.74, 6) is 0.672. The molecule has 0 aliphatic heterocycles. The molecule has 0 fully saturated rings. The van der Waals surface area contributed by atoms with Gasteiger partial charge in [0.15, 0.2) is 5.12 Å². The normalized spacial score (nSPS) is 10.3. The summed E-state index contributed by atoms with van der Waals surface area (Å²) in [7, 11) is 0. The molecule has 82 valence electrons. The molecule has 0 saturated carbocycles. The number of carbonyl (C=O) groups excluding carboxylic acids is 1. The van der Waals surface area contributed by atoms with Gasteiger partial charge in [0, 0.05) is 12.7 Å². The summed E-state index contributed by atoms with van der Waals surface area (Å²) >= 11 is 1.27. The first-order valence-corrected chi connectivity index (χ1v) is 5.92. The van der Waals surface area contributed by atoms with Crippen LogP contribution in [0.2, 0.25) is 0 Å². The Labute approximate surface area is 100.0 Å². The van der Waals surface area contributed by atoms with Gasteiger partial charge in [0.2, 0.25) is 0 Å². The van der Waals surface area contributed by atoms with Crippen molar-refractivity contribution in [3.63, 3.8) is 0 Å². The number of hydrogen-bond acceptors (Lipinski definition) is 3. The number of rotatable bonds is 3. The summed E-state index contributed by atoms with van der Waals surface area (Å²) in [6, 6.07) is 7.89. The van der Waals surface area contributed by atoms with Crippen molar-refractivity contribution in [2.24, 2.45) is 0 Å². The molecular weight excluding hydrogens is 218 g/mol. The third-order valence-corrected chi connectivity index (χ3v) is 2.84. The van der Waals surface area contributed by atoms with Gasteiger partial charge in [0.1, 0.15) is 0 Å². The largest absolute Gasteiger partial charge is 0.288 e. The smallest absolute Gasteiger partial charge is 0.186 e. The molecular formula is C13H13NOS. The number of nitrogens with zero attached hydrogens (tertiary/aromatic N) is 1. The molecule has 0 radical (unpaired) electrons. The number of aryl methyl sites for hydroxylation is 1. The van der Waals surface area contributed by atoms with Gasteiger partial charge < -0.3 is 0 Å². The summed E-state index contributed by atoms with van der Waals surface area (Å²) in [6.07, 6.45) is 3.86. The topological polar surface area (TPSA) is 40.9 Å². The van der Waals surface area contributed by atoms with Gasteiger partial charge in [-0.05, 0) is 24.1 Å². The van der Waals surface area contributed by atoms with Gasteiger partial charge in [0.05, 0.1) is 11.6 Å². The average Bonchev–Trinajstić information content (AvgIpc) is 2.26. The summed E-state index contributed by atoms with van der Waals surface area (Å²) in [6.45, 7) is 3.47. The molecule has 0 aliphatic carbocycles. The van der Waals surface area contributed by atoms with Crippen molar-refractivity contribution < 1.29 is 4.79 Å². The van der Waals surface area contributed by atoms with Crippen molar-refractivity contribution in [3.05, 3.63) is 41.0 Å². The molecule has 0 aromatic heterocycles. The molecule has 0 amide bonds. The van der Waals surface area contributed by atoms with E-state index in [9.17, 15) is 4.79 Å². The first-order chi connectivity index (χ1) is 7.63. The minimum absolute atomic E-state index is 0.117. The highest BCUT2D eigenvalue weighted by Gasteiger charge is 1.96. The SMILES string of the molecule is CC(=O)SCC=Cc1ccc(C)c(C#N)c1. The number of thioether (sulfide) groups is 1. The molecule has 0 heterocycles. The Morgan fingerprint density at radius 3 is 2.94 bits per heavy atom. The van der Waals surface area contributed by atoms with E-state index < -0.39 is 0 Å². The van der Waals surface area contributed by atoms with Crippen LogP contribution >= 0.6 is 11.8 Å². The Morgan fingerprint density at radius 1 is 1.56 bits per heavy atom. The molecule has 2 nitrogen and oxygen atoms in total. The molecule has 0 unspecified atom stereocenters. The monoisotopic (exact) mass is 231 g/mol. The number of hydrogen-bond donors (Lipinski definition) is 0. The van der Waals surface area contributed by atoms with Crippen molar-refractivity contribution in [2.45, 2.75) is 13.8 Å². The second-order valence-electron chi connectivity index (χ2n) is 3.39. The van der Waals surface area contributed by atoms with E-state index in [1.165, 1.54) is 11.8 Å². The lowest BCUT2D eigenvalue weighted by Crippen LogP contribution is -1.84. The molecule has 1 rings (SSSR count). The van der Waals surface area contributed by atoms with Crippen LogP contribution in [0.25, 0.3) is 6.08 Å². The maximum atomic E-state index is 10.7. The fourth-order valence-electron chi connectivity index (χ4n) is 1.21. The molecule has 0 N–H and O–H groups in total. The van der Waals surface area contributed by atoms with Crippen LogP contribution in [0.3, 0.4) is 0 Å². The van der Waals surface area contributed by atoms with Gasteiger partial charge in [-0.15, -0.1) is 0 Å². The predicted octanol–water partition coefficient (Wildman–Crippen LogP) is 3.16. The van der Waals surface area contributed by atoms with E-state index >= 15 is 0 Å². The molecule has 0 atom stereocenters. The van der Waals surface area contributed by atoms with E-state index in [0.717, 1.165) is 11.1 Å². The minimum Gasteiger partial charge on any atom is -0.288 e. The van der Waals surface area contributed by atoms with Crippen molar-refractivity contribution in [3.8, 4) is 6.07 Å². The van der Waals surface area contributed by atoms with E-state index in [0.29, 0.717) is 11.3 Å². The Morgan fingerprint density at radius 2 is 2.31 bits per heavy atom. The Kier molecular flexibility index (Phi) is 4.81. The van der Waals surface area contributed by atoms with Crippen molar-refractivity contribution >= 4 is 23.0 Å². The van der Waals surface area contributed by atoms with Crippen LogP contribution in [-0.2, 0) is 4.79 Å². The first kappa shape index (κ1) is 12.5. The predicted molar refractivity (Wildman–Crippen MR) is 68.1 cm³/mol. The molecule has 16 heavy (non-hydrogen) atoms. The van der Waals surface area contributed by atoms with Crippen molar-refractivity contribution in [1.29, 1.82) is 5.26 Å².